The van der Waals surface area contributed by atoms with Crippen molar-refractivity contribution in [3.63, 3.8) is 0 Å². The summed E-state index contributed by atoms with van der Waals surface area (Å²) in [4.78, 5) is 12.3. The fraction of sp³-hybridized carbons (Fsp3) is 0.938. The van der Waals surface area contributed by atoms with Crippen molar-refractivity contribution in [2.45, 2.75) is 79.6 Å². The molecule has 0 bridgehead atoms. The van der Waals surface area contributed by atoms with Gasteiger partial charge in [-0.25, -0.2) is 0 Å². The van der Waals surface area contributed by atoms with Crippen LogP contribution in [0.25, 0.3) is 0 Å². The van der Waals surface area contributed by atoms with Gasteiger partial charge in [-0.3, -0.25) is 4.79 Å². The number of rotatable bonds is 5. The molecule has 1 saturated heterocycles. The van der Waals surface area contributed by atoms with E-state index in [4.69, 9.17) is 9.47 Å². The summed E-state index contributed by atoms with van der Waals surface area (Å²) >= 11 is 0. The predicted octanol–water partition coefficient (Wildman–Crippen LogP) is 4.15. The number of hydrogen-bond donors (Lipinski definition) is 0. The summed E-state index contributed by atoms with van der Waals surface area (Å²) in [5.74, 6) is 0.208. The van der Waals surface area contributed by atoms with Gasteiger partial charge in [-0.2, -0.15) is 0 Å². The predicted molar refractivity (Wildman–Crippen MR) is 76.7 cm³/mol. The molecule has 0 aliphatic carbocycles. The van der Waals surface area contributed by atoms with E-state index in [9.17, 15) is 4.79 Å². The van der Waals surface area contributed by atoms with Crippen LogP contribution < -0.4 is 0 Å². The van der Waals surface area contributed by atoms with E-state index in [0.29, 0.717) is 5.92 Å². The van der Waals surface area contributed by atoms with E-state index >= 15 is 0 Å². The lowest BCUT2D eigenvalue weighted by atomic mass is 9.81. The molecule has 0 aromatic heterocycles. The third-order valence-electron chi connectivity index (χ3n) is 4.01. The molecular weight excluding hydrogens is 240 g/mol. The fourth-order valence-electron chi connectivity index (χ4n) is 2.74. The molecule has 112 valence electrons. The Balaban J connectivity index is 2.74. The van der Waals surface area contributed by atoms with Gasteiger partial charge in [-0.15, -0.1) is 0 Å². The van der Waals surface area contributed by atoms with Gasteiger partial charge in [0, 0.05) is 5.41 Å². The molecule has 0 aromatic carbocycles. The summed E-state index contributed by atoms with van der Waals surface area (Å²) in [7, 11) is 0. The fourth-order valence-corrected chi connectivity index (χ4v) is 2.74. The minimum absolute atomic E-state index is 0.0488. The van der Waals surface area contributed by atoms with Gasteiger partial charge in [-0.05, 0) is 19.3 Å². The third kappa shape index (κ3) is 4.20. The molecule has 0 amide bonds. The molecule has 3 heteroatoms. The number of unbranched alkanes of at least 4 members (excludes halogenated alkanes) is 1. The van der Waals surface area contributed by atoms with Gasteiger partial charge < -0.3 is 9.47 Å². The third-order valence-corrected chi connectivity index (χ3v) is 4.01. The molecule has 0 unspecified atom stereocenters. The second kappa shape index (κ2) is 6.74. The SMILES string of the molecule is CCCC[C@H](CC)[C@H]1C(=O)O[C@H](C(C)(C)C)O[C@@H]1C. The first-order chi connectivity index (χ1) is 8.81. The zero-order valence-corrected chi connectivity index (χ0v) is 13.4. The van der Waals surface area contributed by atoms with Gasteiger partial charge in [0.1, 0.15) is 0 Å². The van der Waals surface area contributed by atoms with Crippen molar-refractivity contribution >= 4 is 5.97 Å². The topological polar surface area (TPSA) is 35.5 Å². The van der Waals surface area contributed by atoms with Gasteiger partial charge >= 0.3 is 5.97 Å². The van der Waals surface area contributed by atoms with Crippen LogP contribution in [0.15, 0.2) is 0 Å². The maximum absolute atomic E-state index is 12.3. The van der Waals surface area contributed by atoms with Gasteiger partial charge in [-0.1, -0.05) is 53.9 Å². The summed E-state index contributed by atoms with van der Waals surface area (Å²) in [5, 5.41) is 0. The first-order valence-electron chi connectivity index (χ1n) is 7.67. The second-order valence-corrected chi connectivity index (χ2v) is 6.81. The molecule has 19 heavy (non-hydrogen) atoms. The van der Waals surface area contributed by atoms with Crippen LogP contribution in [0.4, 0.5) is 0 Å². The van der Waals surface area contributed by atoms with Crippen LogP contribution in [0.5, 0.6) is 0 Å². The number of carbonyl (C=O) groups excluding carboxylic acids is 1. The van der Waals surface area contributed by atoms with Crippen LogP contribution in [0, 0.1) is 17.3 Å². The van der Waals surface area contributed by atoms with Crippen LogP contribution in [-0.2, 0) is 14.3 Å². The molecule has 4 atom stereocenters. The maximum Gasteiger partial charge on any atom is 0.314 e. The Labute approximate surface area is 118 Å². The Morgan fingerprint density at radius 1 is 1.26 bits per heavy atom. The highest BCUT2D eigenvalue weighted by molar-refractivity contribution is 5.74. The summed E-state index contributed by atoms with van der Waals surface area (Å²) in [5.41, 5.74) is -0.167. The molecule has 1 aliphatic heterocycles. The first kappa shape index (κ1) is 16.5. The van der Waals surface area contributed by atoms with Crippen LogP contribution >= 0.6 is 0 Å². The van der Waals surface area contributed by atoms with Crippen LogP contribution in [0.2, 0.25) is 0 Å². The summed E-state index contributed by atoms with van der Waals surface area (Å²) in [6, 6.07) is 0. The molecule has 1 aliphatic rings. The number of hydrogen-bond acceptors (Lipinski definition) is 3. The number of ether oxygens (including phenoxy) is 2. The summed E-state index contributed by atoms with van der Waals surface area (Å²) in [6.45, 7) is 12.4. The van der Waals surface area contributed by atoms with E-state index in [1.54, 1.807) is 0 Å². The maximum atomic E-state index is 12.3. The minimum Gasteiger partial charge on any atom is -0.435 e. The normalized spacial score (nSPS) is 30.0. The second-order valence-electron chi connectivity index (χ2n) is 6.81. The van der Waals surface area contributed by atoms with Gasteiger partial charge in [0.15, 0.2) is 0 Å². The summed E-state index contributed by atoms with van der Waals surface area (Å²) in [6.07, 6.45) is 3.95. The van der Waals surface area contributed by atoms with Crippen LogP contribution in [0.3, 0.4) is 0 Å². The van der Waals surface area contributed by atoms with Crippen molar-refractivity contribution in [3.05, 3.63) is 0 Å². The smallest absolute Gasteiger partial charge is 0.314 e. The lowest BCUT2D eigenvalue weighted by Gasteiger charge is -2.41. The lowest BCUT2D eigenvalue weighted by Crippen LogP contribution is -2.49. The standard InChI is InChI=1S/C16H30O3/c1-7-9-10-12(8-2)13-11(3)18-15(16(4,5)6)19-14(13)17/h11-13,15H,7-10H2,1-6H3/t11-,12+,13+,15-/m1/s1. The number of esters is 1. The van der Waals surface area contributed by atoms with E-state index in [1.165, 1.54) is 0 Å². The number of carbonyl (C=O) groups is 1. The largest absolute Gasteiger partial charge is 0.435 e. The molecule has 0 spiro atoms. The monoisotopic (exact) mass is 270 g/mol. The van der Waals surface area contributed by atoms with Gasteiger partial charge in [0.25, 0.3) is 0 Å². The lowest BCUT2D eigenvalue weighted by molar-refractivity contribution is -0.258. The minimum atomic E-state index is -0.421. The molecule has 1 heterocycles. The number of cyclic esters (lactones) is 1. The van der Waals surface area contributed by atoms with E-state index in [1.807, 2.05) is 27.7 Å². The average molecular weight is 270 g/mol. The van der Waals surface area contributed by atoms with E-state index < -0.39 is 6.29 Å². The van der Waals surface area contributed by atoms with Crippen molar-refractivity contribution < 1.29 is 14.3 Å². The van der Waals surface area contributed by atoms with E-state index in [-0.39, 0.29) is 23.4 Å². The highest BCUT2D eigenvalue weighted by Crippen LogP contribution is 2.36. The van der Waals surface area contributed by atoms with Crippen molar-refractivity contribution in [2.24, 2.45) is 17.3 Å². The molecule has 1 rings (SSSR count). The Bertz CT molecular complexity index is 293. The molecule has 1 fully saturated rings. The quantitative estimate of drug-likeness (QED) is 0.704. The van der Waals surface area contributed by atoms with Crippen molar-refractivity contribution in [1.82, 2.24) is 0 Å². The Morgan fingerprint density at radius 3 is 2.32 bits per heavy atom. The van der Waals surface area contributed by atoms with E-state index in [0.717, 1.165) is 25.7 Å². The molecule has 0 saturated carbocycles. The Hall–Kier alpha value is -0.570. The summed E-state index contributed by atoms with van der Waals surface area (Å²) < 4.78 is 11.5. The zero-order valence-electron chi connectivity index (χ0n) is 13.4. The highest BCUT2D eigenvalue weighted by Gasteiger charge is 2.44. The Kier molecular flexibility index (Phi) is 5.84. The molecule has 3 nitrogen and oxygen atoms in total. The van der Waals surface area contributed by atoms with Crippen molar-refractivity contribution in [2.75, 3.05) is 0 Å². The van der Waals surface area contributed by atoms with Crippen molar-refractivity contribution in [1.29, 1.82) is 0 Å². The van der Waals surface area contributed by atoms with Crippen LogP contribution in [-0.4, -0.2) is 18.4 Å². The molecule has 0 N–H and O–H groups in total. The molecular formula is C16H30O3. The van der Waals surface area contributed by atoms with Crippen molar-refractivity contribution in [3.8, 4) is 0 Å². The highest BCUT2D eigenvalue weighted by atomic mass is 16.7. The molecule has 0 radical (unpaired) electrons. The Morgan fingerprint density at radius 2 is 1.89 bits per heavy atom. The van der Waals surface area contributed by atoms with E-state index in [2.05, 4.69) is 13.8 Å². The van der Waals surface area contributed by atoms with Gasteiger partial charge in [0.2, 0.25) is 6.29 Å². The average Bonchev–Trinajstić information content (AvgIpc) is 2.31. The molecule has 0 aromatic rings. The zero-order chi connectivity index (χ0) is 14.6. The van der Waals surface area contributed by atoms with Crippen LogP contribution in [0.1, 0.15) is 67.2 Å². The van der Waals surface area contributed by atoms with Gasteiger partial charge in [0.05, 0.1) is 12.0 Å². The first-order valence-corrected chi connectivity index (χ1v) is 7.67.